The molecule has 4 nitrogen and oxygen atoms in total. The molecule has 0 unspecified atom stereocenters. The van der Waals surface area contributed by atoms with Gasteiger partial charge in [-0.15, -0.1) is 0 Å². The summed E-state index contributed by atoms with van der Waals surface area (Å²) < 4.78 is 36.7. The van der Waals surface area contributed by atoms with Gasteiger partial charge in [0.1, 0.15) is 5.69 Å². The largest absolute Gasteiger partial charge is 0.417 e. The fourth-order valence-electron chi connectivity index (χ4n) is 0.955. The molecule has 0 spiro atoms. The highest BCUT2D eigenvalue weighted by Crippen LogP contribution is 2.37. The first-order chi connectivity index (χ1) is 6.73. The Morgan fingerprint density at radius 1 is 1.40 bits per heavy atom. The molecule has 0 fully saturated rings. The van der Waals surface area contributed by atoms with Gasteiger partial charge >= 0.3 is 6.18 Å². The van der Waals surface area contributed by atoms with E-state index in [-0.39, 0.29) is 3.57 Å². The van der Waals surface area contributed by atoms with Crippen molar-refractivity contribution in [3.8, 4) is 0 Å². The van der Waals surface area contributed by atoms with E-state index in [1.165, 1.54) is 22.6 Å². The first kappa shape index (κ1) is 12.0. The van der Waals surface area contributed by atoms with Crippen molar-refractivity contribution in [2.24, 2.45) is 0 Å². The lowest BCUT2D eigenvalue weighted by Gasteiger charge is -2.09. The number of nitro benzene ring substituents is 1. The van der Waals surface area contributed by atoms with Crippen LogP contribution in [-0.2, 0) is 6.18 Å². The van der Waals surface area contributed by atoms with Crippen molar-refractivity contribution in [2.45, 2.75) is 6.18 Å². The van der Waals surface area contributed by atoms with Crippen LogP contribution in [-0.4, -0.2) is 4.92 Å². The Morgan fingerprint density at radius 3 is 2.33 bits per heavy atom. The monoisotopic (exact) mass is 332 g/mol. The number of nitrogens with zero attached hydrogens (tertiary/aromatic N) is 1. The first-order valence-corrected chi connectivity index (χ1v) is 4.62. The molecule has 0 aliphatic heterocycles. The van der Waals surface area contributed by atoms with E-state index < -0.39 is 28.0 Å². The van der Waals surface area contributed by atoms with Gasteiger partial charge in [0.2, 0.25) is 0 Å². The summed E-state index contributed by atoms with van der Waals surface area (Å²) in [7, 11) is 0. The van der Waals surface area contributed by atoms with Crippen LogP contribution in [0.15, 0.2) is 12.1 Å². The molecule has 0 saturated heterocycles. The minimum Gasteiger partial charge on any atom is -0.393 e. The predicted octanol–water partition coefficient (Wildman–Crippen LogP) is 2.80. The fraction of sp³-hybridized carbons (Fsp3) is 0.143. The number of halogens is 4. The molecule has 8 heteroatoms. The maximum absolute atomic E-state index is 12.3. The lowest BCUT2D eigenvalue weighted by molar-refractivity contribution is -0.384. The number of nitro groups is 1. The molecule has 0 bridgehead atoms. The predicted molar refractivity (Wildman–Crippen MR) is 55.2 cm³/mol. The highest BCUT2D eigenvalue weighted by Gasteiger charge is 2.34. The summed E-state index contributed by atoms with van der Waals surface area (Å²) in [6.07, 6.45) is -4.56. The van der Waals surface area contributed by atoms with Crippen LogP contribution in [0.4, 0.5) is 24.5 Å². The topological polar surface area (TPSA) is 69.2 Å². The molecule has 0 saturated carbocycles. The average molecular weight is 332 g/mol. The van der Waals surface area contributed by atoms with E-state index in [1.807, 2.05) is 0 Å². The van der Waals surface area contributed by atoms with Gasteiger partial charge in [-0.25, -0.2) is 0 Å². The van der Waals surface area contributed by atoms with E-state index in [1.54, 1.807) is 0 Å². The molecule has 82 valence electrons. The number of rotatable bonds is 1. The molecular formula is C7H4F3IN2O2. The van der Waals surface area contributed by atoms with E-state index in [0.29, 0.717) is 6.07 Å². The van der Waals surface area contributed by atoms with Crippen LogP contribution < -0.4 is 5.73 Å². The molecule has 0 radical (unpaired) electrons. The smallest absolute Gasteiger partial charge is 0.393 e. The lowest BCUT2D eigenvalue weighted by atomic mass is 10.1. The summed E-state index contributed by atoms with van der Waals surface area (Å²) in [4.78, 5) is 9.55. The molecule has 0 atom stereocenters. The summed E-state index contributed by atoms with van der Waals surface area (Å²) >= 11 is 1.38. The number of benzene rings is 1. The second-order valence-corrected chi connectivity index (χ2v) is 3.81. The average Bonchev–Trinajstić information content (AvgIpc) is 2.06. The van der Waals surface area contributed by atoms with Crippen LogP contribution in [0.5, 0.6) is 0 Å². The molecule has 0 aromatic heterocycles. The van der Waals surface area contributed by atoms with Crippen LogP contribution >= 0.6 is 22.6 Å². The molecule has 2 N–H and O–H groups in total. The standard InChI is InChI=1S/C7H4F3IN2O2/c8-7(9,10)3-1-5(12)6(13(14)15)2-4(3)11/h1-2H,12H2. The van der Waals surface area contributed by atoms with E-state index >= 15 is 0 Å². The molecule has 1 aromatic rings. The second kappa shape index (κ2) is 3.83. The van der Waals surface area contributed by atoms with E-state index in [9.17, 15) is 23.3 Å². The molecule has 0 aliphatic rings. The molecular weight excluding hydrogens is 328 g/mol. The number of nitrogens with two attached hydrogens (primary N) is 1. The Balaban J connectivity index is 3.39. The summed E-state index contributed by atoms with van der Waals surface area (Å²) in [6, 6.07) is 1.37. The third-order valence-electron chi connectivity index (χ3n) is 1.62. The third-order valence-corrected chi connectivity index (χ3v) is 2.51. The van der Waals surface area contributed by atoms with Crippen LogP contribution in [0.1, 0.15) is 5.56 Å². The van der Waals surface area contributed by atoms with Crippen molar-refractivity contribution in [1.29, 1.82) is 0 Å². The number of anilines is 1. The maximum Gasteiger partial charge on any atom is 0.417 e. The highest BCUT2D eigenvalue weighted by molar-refractivity contribution is 14.1. The summed E-state index contributed by atoms with van der Waals surface area (Å²) in [5, 5.41) is 10.4. The fourth-order valence-corrected chi connectivity index (χ4v) is 1.71. The van der Waals surface area contributed by atoms with E-state index in [4.69, 9.17) is 5.73 Å². The van der Waals surface area contributed by atoms with Crippen LogP contribution in [0.25, 0.3) is 0 Å². The zero-order chi connectivity index (χ0) is 11.8. The van der Waals surface area contributed by atoms with E-state index in [0.717, 1.165) is 6.07 Å². The number of alkyl halides is 3. The van der Waals surface area contributed by atoms with Gasteiger partial charge in [0, 0.05) is 9.64 Å². The van der Waals surface area contributed by atoms with Gasteiger partial charge in [-0.3, -0.25) is 10.1 Å². The van der Waals surface area contributed by atoms with Gasteiger partial charge in [-0.1, -0.05) is 0 Å². The normalized spacial score (nSPS) is 11.5. The third kappa shape index (κ3) is 2.49. The maximum atomic E-state index is 12.3. The summed E-state index contributed by atoms with van der Waals surface area (Å²) in [6.45, 7) is 0. The van der Waals surface area contributed by atoms with Gasteiger partial charge in [0.25, 0.3) is 5.69 Å². The van der Waals surface area contributed by atoms with Gasteiger partial charge in [-0.2, -0.15) is 13.2 Å². The summed E-state index contributed by atoms with van der Waals surface area (Å²) in [5.74, 6) is 0. The lowest BCUT2D eigenvalue weighted by Crippen LogP contribution is -2.09. The first-order valence-electron chi connectivity index (χ1n) is 3.54. The second-order valence-electron chi connectivity index (χ2n) is 2.65. The van der Waals surface area contributed by atoms with Crippen molar-refractivity contribution in [3.63, 3.8) is 0 Å². The van der Waals surface area contributed by atoms with Gasteiger partial charge in [0.15, 0.2) is 0 Å². The Kier molecular flexibility index (Phi) is 3.07. The molecule has 1 rings (SSSR count). The zero-order valence-corrected chi connectivity index (χ0v) is 9.17. The Bertz CT molecular complexity index is 419. The molecule has 15 heavy (non-hydrogen) atoms. The highest BCUT2D eigenvalue weighted by atomic mass is 127. The van der Waals surface area contributed by atoms with Gasteiger partial charge < -0.3 is 5.73 Å². The molecule has 0 heterocycles. The van der Waals surface area contributed by atoms with Crippen molar-refractivity contribution < 1.29 is 18.1 Å². The van der Waals surface area contributed by atoms with Crippen molar-refractivity contribution >= 4 is 34.0 Å². The van der Waals surface area contributed by atoms with Crippen molar-refractivity contribution in [3.05, 3.63) is 31.4 Å². The molecule has 0 amide bonds. The summed E-state index contributed by atoms with van der Waals surface area (Å²) in [5.41, 5.74) is 3.16. The van der Waals surface area contributed by atoms with Crippen molar-refractivity contribution in [2.75, 3.05) is 5.73 Å². The Morgan fingerprint density at radius 2 is 1.93 bits per heavy atom. The van der Waals surface area contributed by atoms with Gasteiger partial charge in [0.05, 0.1) is 10.5 Å². The number of hydrogen-bond acceptors (Lipinski definition) is 3. The number of nitrogen functional groups attached to an aromatic ring is 1. The van der Waals surface area contributed by atoms with Gasteiger partial charge in [-0.05, 0) is 28.7 Å². The Hall–Kier alpha value is -1.06. The zero-order valence-electron chi connectivity index (χ0n) is 7.01. The number of hydrogen-bond donors (Lipinski definition) is 1. The molecule has 0 aliphatic carbocycles. The Labute approximate surface area is 95.5 Å². The minimum atomic E-state index is -4.56. The van der Waals surface area contributed by atoms with Crippen LogP contribution in [0.2, 0.25) is 0 Å². The quantitative estimate of drug-likeness (QED) is 0.372. The van der Waals surface area contributed by atoms with Crippen LogP contribution in [0, 0.1) is 13.7 Å². The van der Waals surface area contributed by atoms with Crippen LogP contribution in [0.3, 0.4) is 0 Å². The van der Waals surface area contributed by atoms with Crippen molar-refractivity contribution in [1.82, 2.24) is 0 Å². The minimum absolute atomic E-state index is 0.249. The SMILES string of the molecule is Nc1cc(C(F)(F)F)c(I)cc1[N+](=O)[O-]. The van der Waals surface area contributed by atoms with E-state index in [2.05, 4.69) is 0 Å². The molecule has 1 aromatic carbocycles.